The van der Waals surface area contributed by atoms with Gasteiger partial charge in [-0.05, 0) is 24.1 Å². The Morgan fingerprint density at radius 2 is 2.05 bits per heavy atom. The standard InChI is InChI=1S/C13H12ClF3N2O/c14-9-2-1-8-5-10-7-18(12(20)13(15,16)17)3-4-19(10)11(8)6-9/h1-2,6,10H,3-5,7H2. The van der Waals surface area contributed by atoms with Gasteiger partial charge in [0.2, 0.25) is 0 Å². The first-order valence-corrected chi connectivity index (χ1v) is 6.65. The highest BCUT2D eigenvalue weighted by molar-refractivity contribution is 6.30. The summed E-state index contributed by atoms with van der Waals surface area (Å²) in [7, 11) is 0. The maximum Gasteiger partial charge on any atom is 0.471 e. The van der Waals surface area contributed by atoms with Gasteiger partial charge in [-0.3, -0.25) is 4.79 Å². The molecule has 1 fully saturated rings. The first-order chi connectivity index (χ1) is 9.36. The summed E-state index contributed by atoms with van der Waals surface area (Å²) < 4.78 is 37.4. The van der Waals surface area contributed by atoms with Crippen LogP contribution in [0.1, 0.15) is 5.56 Å². The summed E-state index contributed by atoms with van der Waals surface area (Å²) in [5.41, 5.74) is 2.04. The fraction of sp³-hybridized carbons (Fsp3) is 0.462. The van der Waals surface area contributed by atoms with Crippen molar-refractivity contribution < 1.29 is 18.0 Å². The van der Waals surface area contributed by atoms with Crippen molar-refractivity contribution in [2.45, 2.75) is 18.6 Å². The number of hydrogen-bond acceptors (Lipinski definition) is 2. The molecule has 2 aliphatic rings. The van der Waals surface area contributed by atoms with Gasteiger partial charge in [0.25, 0.3) is 0 Å². The molecule has 1 aromatic carbocycles. The lowest BCUT2D eigenvalue weighted by Gasteiger charge is -2.39. The van der Waals surface area contributed by atoms with Gasteiger partial charge in [0.1, 0.15) is 0 Å². The van der Waals surface area contributed by atoms with E-state index >= 15 is 0 Å². The van der Waals surface area contributed by atoms with Gasteiger partial charge in [-0.25, -0.2) is 0 Å². The number of anilines is 1. The number of hydrogen-bond donors (Lipinski definition) is 0. The molecule has 0 aromatic heterocycles. The van der Waals surface area contributed by atoms with Crippen molar-refractivity contribution in [1.29, 1.82) is 0 Å². The fourth-order valence-electron chi connectivity index (χ4n) is 2.94. The molecule has 1 unspecified atom stereocenters. The Morgan fingerprint density at radius 1 is 1.30 bits per heavy atom. The molecule has 1 saturated heterocycles. The molecule has 0 saturated carbocycles. The fourth-order valence-corrected chi connectivity index (χ4v) is 3.11. The smallest absolute Gasteiger partial charge is 0.364 e. The SMILES string of the molecule is O=C(N1CCN2c3cc(Cl)ccc3CC2C1)C(F)(F)F. The summed E-state index contributed by atoms with van der Waals surface area (Å²) in [6, 6.07) is 5.41. The summed E-state index contributed by atoms with van der Waals surface area (Å²) in [5.74, 6) is -1.74. The Labute approximate surface area is 118 Å². The van der Waals surface area contributed by atoms with Crippen LogP contribution in [0.15, 0.2) is 18.2 Å². The van der Waals surface area contributed by atoms with E-state index in [1.54, 1.807) is 6.07 Å². The van der Waals surface area contributed by atoms with Crippen molar-refractivity contribution in [3.05, 3.63) is 28.8 Å². The van der Waals surface area contributed by atoms with Gasteiger partial charge in [0, 0.05) is 30.3 Å². The number of amides is 1. The van der Waals surface area contributed by atoms with Gasteiger partial charge in [-0.1, -0.05) is 17.7 Å². The lowest BCUT2D eigenvalue weighted by atomic mass is 10.1. The zero-order valence-corrected chi connectivity index (χ0v) is 11.2. The van der Waals surface area contributed by atoms with Crippen LogP contribution in [0.3, 0.4) is 0 Å². The summed E-state index contributed by atoms with van der Waals surface area (Å²) in [5, 5.41) is 0.609. The van der Waals surface area contributed by atoms with E-state index in [4.69, 9.17) is 11.6 Å². The predicted molar refractivity (Wildman–Crippen MR) is 68.9 cm³/mol. The largest absolute Gasteiger partial charge is 0.471 e. The number of benzene rings is 1. The molecule has 2 aliphatic heterocycles. The Balaban J connectivity index is 1.78. The van der Waals surface area contributed by atoms with Gasteiger partial charge < -0.3 is 9.80 Å². The van der Waals surface area contributed by atoms with E-state index in [0.717, 1.165) is 16.2 Å². The number of piperazine rings is 1. The molecule has 1 amide bonds. The number of fused-ring (bicyclic) bond motifs is 3. The van der Waals surface area contributed by atoms with Gasteiger partial charge in [0.15, 0.2) is 0 Å². The molecule has 0 N–H and O–H groups in total. The molecule has 20 heavy (non-hydrogen) atoms. The summed E-state index contributed by atoms with van der Waals surface area (Å²) in [6.07, 6.45) is -4.15. The number of halogens is 4. The van der Waals surface area contributed by atoms with Crippen molar-refractivity contribution in [3.63, 3.8) is 0 Å². The van der Waals surface area contributed by atoms with E-state index < -0.39 is 12.1 Å². The Kier molecular flexibility index (Phi) is 3.08. The zero-order chi connectivity index (χ0) is 14.5. The third kappa shape index (κ3) is 2.22. The zero-order valence-electron chi connectivity index (χ0n) is 10.5. The highest BCUT2D eigenvalue weighted by Gasteiger charge is 2.45. The van der Waals surface area contributed by atoms with Crippen LogP contribution in [-0.2, 0) is 11.2 Å². The van der Waals surface area contributed by atoms with Crippen LogP contribution in [0.25, 0.3) is 0 Å². The molecular formula is C13H12ClF3N2O. The predicted octanol–water partition coefficient (Wildman–Crippen LogP) is 2.48. The van der Waals surface area contributed by atoms with E-state index in [9.17, 15) is 18.0 Å². The Bertz CT molecular complexity index is 561. The van der Waals surface area contributed by atoms with Crippen molar-refractivity contribution in [1.82, 2.24) is 4.90 Å². The first-order valence-electron chi connectivity index (χ1n) is 6.27. The molecule has 3 rings (SSSR count). The molecule has 7 heteroatoms. The Morgan fingerprint density at radius 3 is 2.75 bits per heavy atom. The van der Waals surface area contributed by atoms with E-state index in [-0.39, 0.29) is 19.1 Å². The number of alkyl halides is 3. The molecule has 108 valence electrons. The minimum atomic E-state index is -4.79. The number of rotatable bonds is 0. The monoisotopic (exact) mass is 304 g/mol. The van der Waals surface area contributed by atoms with Crippen LogP contribution in [0.2, 0.25) is 5.02 Å². The van der Waals surface area contributed by atoms with Crippen LogP contribution < -0.4 is 4.90 Å². The molecule has 1 aromatic rings. The second-order valence-electron chi connectivity index (χ2n) is 5.07. The van der Waals surface area contributed by atoms with Gasteiger partial charge >= 0.3 is 12.1 Å². The minimum Gasteiger partial charge on any atom is -0.364 e. The highest BCUT2D eigenvalue weighted by Crippen LogP contribution is 2.36. The summed E-state index contributed by atoms with van der Waals surface area (Å²) in [6.45, 7) is 0.589. The number of nitrogens with zero attached hydrogens (tertiary/aromatic N) is 2. The lowest BCUT2D eigenvalue weighted by molar-refractivity contribution is -0.186. The maximum absolute atomic E-state index is 12.5. The molecule has 3 nitrogen and oxygen atoms in total. The third-order valence-electron chi connectivity index (χ3n) is 3.82. The minimum absolute atomic E-state index is 0.0841. The molecular weight excluding hydrogens is 293 g/mol. The second-order valence-corrected chi connectivity index (χ2v) is 5.51. The van der Waals surface area contributed by atoms with Crippen LogP contribution >= 0.6 is 11.6 Å². The Hall–Kier alpha value is -1.43. The van der Waals surface area contributed by atoms with Crippen molar-refractivity contribution >= 4 is 23.2 Å². The first kappa shape index (κ1) is 13.5. The van der Waals surface area contributed by atoms with Crippen LogP contribution in [0.5, 0.6) is 0 Å². The van der Waals surface area contributed by atoms with E-state index in [1.165, 1.54) is 0 Å². The van der Waals surface area contributed by atoms with Gasteiger partial charge in [0.05, 0.1) is 6.04 Å². The molecule has 2 heterocycles. The van der Waals surface area contributed by atoms with Crippen LogP contribution in [-0.4, -0.2) is 42.7 Å². The summed E-state index contributed by atoms with van der Waals surface area (Å²) >= 11 is 5.95. The topological polar surface area (TPSA) is 23.6 Å². The molecule has 0 spiro atoms. The van der Waals surface area contributed by atoms with Crippen LogP contribution in [0.4, 0.5) is 18.9 Å². The number of carbonyl (C=O) groups excluding carboxylic acids is 1. The lowest BCUT2D eigenvalue weighted by Crippen LogP contribution is -2.56. The normalized spacial score (nSPS) is 21.7. The molecule has 0 aliphatic carbocycles. The average Bonchev–Trinajstić information content (AvgIpc) is 2.73. The van der Waals surface area contributed by atoms with Crippen molar-refractivity contribution in [3.8, 4) is 0 Å². The van der Waals surface area contributed by atoms with E-state index in [1.807, 2.05) is 17.0 Å². The second kappa shape index (κ2) is 4.55. The maximum atomic E-state index is 12.5. The highest BCUT2D eigenvalue weighted by atomic mass is 35.5. The van der Waals surface area contributed by atoms with Gasteiger partial charge in [-0.2, -0.15) is 13.2 Å². The third-order valence-corrected chi connectivity index (χ3v) is 4.06. The van der Waals surface area contributed by atoms with E-state index in [0.29, 0.717) is 18.0 Å². The van der Waals surface area contributed by atoms with Crippen molar-refractivity contribution in [2.75, 3.05) is 24.5 Å². The summed E-state index contributed by atoms with van der Waals surface area (Å²) in [4.78, 5) is 14.2. The van der Waals surface area contributed by atoms with Gasteiger partial charge in [-0.15, -0.1) is 0 Å². The molecule has 1 atom stereocenters. The van der Waals surface area contributed by atoms with Crippen LogP contribution in [0, 0.1) is 0 Å². The van der Waals surface area contributed by atoms with Crippen molar-refractivity contribution in [2.24, 2.45) is 0 Å². The molecule has 0 radical (unpaired) electrons. The quantitative estimate of drug-likeness (QED) is 0.735. The van der Waals surface area contributed by atoms with E-state index in [2.05, 4.69) is 0 Å². The molecule has 0 bridgehead atoms. The number of carbonyl (C=O) groups is 1. The average molecular weight is 305 g/mol.